The molecule has 0 spiro atoms. The van der Waals surface area contributed by atoms with E-state index in [-0.39, 0.29) is 0 Å². The van der Waals surface area contributed by atoms with Crippen LogP contribution in [0.4, 0.5) is 0 Å². The van der Waals surface area contributed by atoms with Crippen LogP contribution in [0, 0.1) is 17.8 Å². The molecule has 1 rings (SSSR count). The molecule has 2 heteroatoms. The fourth-order valence-corrected chi connectivity index (χ4v) is 3.04. The smallest absolute Gasteiger partial charge is 0.0660 e. The zero-order valence-electron chi connectivity index (χ0n) is 10.7. The van der Waals surface area contributed by atoms with Crippen LogP contribution in [0.25, 0.3) is 0 Å². The molecule has 0 heterocycles. The molecule has 1 fully saturated rings. The van der Waals surface area contributed by atoms with Gasteiger partial charge in [-0.15, -0.1) is 0 Å². The molecule has 0 amide bonds. The highest BCUT2D eigenvalue weighted by molar-refractivity contribution is 4.88. The minimum atomic E-state index is -0.480. The van der Waals surface area contributed by atoms with Gasteiger partial charge in [0.2, 0.25) is 0 Å². The highest BCUT2D eigenvalue weighted by Gasteiger charge is 2.36. The molecular formula is C13H27NO. The molecule has 0 aromatic rings. The van der Waals surface area contributed by atoms with Gasteiger partial charge in [-0.3, -0.25) is 0 Å². The van der Waals surface area contributed by atoms with Gasteiger partial charge in [-0.25, -0.2) is 0 Å². The van der Waals surface area contributed by atoms with E-state index in [0.717, 1.165) is 24.8 Å². The van der Waals surface area contributed by atoms with Crippen molar-refractivity contribution < 1.29 is 5.11 Å². The molecule has 0 saturated heterocycles. The first kappa shape index (κ1) is 13.0. The minimum Gasteiger partial charge on any atom is -0.390 e. The largest absolute Gasteiger partial charge is 0.390 e. The molecular weight excluding hydrogens is 186 g/mol. The van der Waals surface area contributed by atoms with E-state index in [9.17, 15) is 5.11 Å². The summed E-state index contributed by atoms with van der Waals surface area (Å²) in [6.45, 7) is 7.56. The van der Waals surface area contributed by atoms with Crippen molar-refractivity contribution in [3.8, 4) is 0 Å². The maximum Gasteiger partial charge on any atom is 0.0660 e. The van der Waals surface area contributed by atoms with E-state index in [4.69, 9.17) is 0 Å². The molecule has 0 radical (unpaired) electrons. The van der Waals surface area contributed by atoms with Crippen LogP contribution in [-0.2, 0) is 0 Å². The predicted molar refractivity (Wildman–Crippen MR) is 64.8 cm³/mol. The summed E-state index contributed by atoms with van der Waals surface area (Å²) in [6, 6.07) is 0. The molecule has 15 heavy (non-hydrogen) atoms. The van der Waals surface area contributed by atoms with Crippen molar-refractivity contribution in [1.82, 2.24) is 5.32 Å². The van der Waals surface area contributed by atoms with E-state index in [0.29, 0.717) is 5.92 Å². The monoisotopic (exact) mass is 213 g/mol. The fourth-order valence-electron chi connectivity index (χ4n) is 3.04. The Labute approximate surface area is 94.5 Å². The van der Waals surface area contributed by atoms with Crippen LogP contribution in [0.3, 0.4) is 0 Å². The lowest BCUT2D eigenvalue weighted by Gasteiger charge is -2.40. The molecule has 1 saturated carbocycles. The van der Waals surface area contributed by atoms with Crippen LogP contribution in [0.2, 0.25) is 0 Å². The summed E-state index contributed by atoms with van der Waals surface area (Å²) in [5.74, 6) is 2.05. The first-order valence-corrected chi connectivity index (χ1v) is 6.32. The third-order valence-electron chi connectivity index (χ3n) is 3.94. The van der Waals surface area contributed by atoms with Crippen molar-refractivity contribution in [2.24, 2.45) is 17.8 Å². The van der Waals surface area contributed by atoms with Gasteiger partial charge in [0.25, 0.3) is 0 Å². The Balaban J connectivity index is 2.52. The Kier molecular flexibility index (Phi) is 4.60. The molecule has 2 N–H and O–H groups in total. The molecule has 0 aliphatic heterocycles. The van der Waals surface area contributed by atoms with Gasteiger partial charge in [0.05, 0.1) is 5.60 Å². The molecule has 2 nitrogen and oxygen atoms in total. The highest BCUT2D eigenvalue weighted by Crippen LogP contribution is 2.39. The minimum absolute atomic E-state index is 0.480. The molecule has 90 valence electrons. The first-order valence-electron chi connectivity index (χ1n) is 6.32. The fraction of sp³-hybridized carbons (Fsp3) is 1.00. The average Bonchev–Trinajstić information content (AvgIpc) is 2.13. The standard InChI is InChI=1S/C13H27NO/c1-10-7-11(2)9-12(8-10)13(3,15)5-6-14-4/h10-12,14-15H,5-9H2,1-4H3. The second-order valence-corrected chi connectivity index (χ2v) is 5.83. The average molecular weight is 213 g/mol. The van der Waals surface area contributed by atoms with Crippen LogP contribution < -0.4 is 5.32 Å². The number of hydrogen-bond acceptors (Lipinski definition) is 2. The molecule has 1 aliphatic carbocycles. The molecule has 0 aromatic carbocycles. The van der Waals surface area contributed by atoms with Crippen molar-refractivity contribution in [2.75, 3.05) is 13.6 Å². The summed E-state index contributed by atoms with van der Waals surface area (Å²) in [5.41, 5.74) is -0.480. The van der Waals surface area contributed by atoms with E-state index in [1.165, 1.54) is 19.3 Å². The number of rotatable bonds is 4. The second-order valence-electron chi connectivity index (χ2n) is 5.83. The Morgan fingerprint density at radius 3 is 2.20 bits per heavy atom. The maximum absolute atomic E-state index is 10.5. The summed E-state index contributed by atoms with van der Waals surface area (Å²) < 4.78 is 0. The predicted octanol–water partition coefficient (Wildman–Crippen LogP) is 2.42. The van der Waals surface area contributed by atoms with E-state index in [2.05, 4.69) is 19.2 Å². The molecule has 3 atom stereocenters. The van der Waals surface area contributed by atoms with E-state index >= 15 is 0 Å². The number of hydrogen-bond donors (Lipinski definition) is 2. The Hall–Kier alpha value is -0.0800. The zero-order chi connectivity index (χ0) is 11.5. The van der Waals surface area contributed by atoms with Gasteiger partial charge >= 0.3 is 0 Å². The SMILES string of the molecule is CNCCC(C)(O)C1CC(C)CC(C)C1. The Morgan fingerprint density at radius 2 is 1.73 bits per heavy atom. The van der Waals surface area contributed by atoms with Crippen LogP contribution in [0.15, 0.2) is 0 Å². The van der Waals surface area contributed by atoms with Gasteiger partial charge in [-0.2, -0.15) is 0 Å². The maximum atomic E-state index is 10.5. The van der Waals surface area contributed by atoms with Crippen LogP contribution in [0.5, 0.6) is 0 Å². The van der Waals surface area contributed by atoms with Gasteiger partial charge < -0.3 is 10.4 Å². The van der Waals surface area contributed by atoms with Crippen molar-refractivity contribution in [3.05, 3.63) is 0 Å². The molecule has 3 unspecified atom stereocenters. The van der Waals surface area contributed by atoms with Crippen molar-refractivity contribution in [2.45, 2.75) is 52.1 Å². The van der Waals surface area contributed by atoms with Crippen molar-refractivity contribution >= 4 is 0 Å². The van der Waals surface area contributed by atoms with Crippen molar-refractivity contribution in [3.63, 3.8) is 0 Å². The molecule has 0 aromatic heterocycles. The molecule has 0 bridgehead atoms. The zero-order valence-corrected chi connectivity index (χ0v) is 10.7. The lowest BCUT2D eigenvalue weighted by atomic mass is 9.69. The van der Waals surface area contributed by atoms with E-state index < -0.39 is 5.60 Å². The van der Waals surface area contributed by atoms with Gasteiger partial charge in [0.15, 0.2) is 0 Å². The van der Waals surface area contributed by atoms with Crippen LogP contribution in [-0.4, -0.2) is 24.3 Å². The van der Waals surface area contributed by atoms with E-state index in [1.54, 1.807) is 0 Å². The van der Waals surface area contributed by atoms with Gasteiger partial charge in [-0.05, 0) is 64.0 Å². The van der Waals surface area contributed by atoms with Crippen LogP contribution >= 0.6 is 0 Å². The van der Waals surface area contributed by atoms with Crippen molar-refractivity contribution in [1.29, 1.82) is 0 Å². The lowest BCUT2D eigenvalue weighted by Crippen LogP contribution is -2.41. The quantitative estimate of drug-likeness (QED) is 0.751. The van der Waals surface area contributed by atoms with E-state index in [1.807, 2.05) is 14.0 Å². The number of nitrogens with one attached hydrogen (secondary N) is 1. The first-order chi connectivity index (χ1) is 6.95. The summed E-state index contributed by atoms with van der Waals surface area (Å²) in [6.07, 6.45) is 4.59. The molecule has 1 aliphatic rings. The topological polar surface area (TPSA) is 32.3 Å². The summed E-state index contributed by atoms with van der Waals surface area (Å²) in [5, 5.41) is 13.6. The van der Waals surface area contributed by atoms with Gasteiger partial charge in [0, 0.05) is 0 Å². The summed E-state index contributed by atoms with van der Waals surface area (Å²) in [4.78, 5) is 0. The normalized spacial score (nSPS) is 36.2. The van der Waals surface area contributed by atoms with Gasteiger partial charge in [0.1, 0.15) is 0 Å². The third kappa shape index (κ3) is 3.76. The highest BCUT2D eigenvalue weighted by atomic mass is 16.3. The van der Waals surface area contributed by atoms with Crippen LogP contribution in [0.1, 0.15) is 46.5 Å². The summed E-state index contributed by atoms with van der Waals surface area (Å²) in [7, 11) is 1.95. The Bertz CT molecular complexity index is 181. The lowest BCUT2D eigenvalue weighted by molar-refractivity contribution is -0.0390. The van der Waals surface area contributed by atoms with Gasteiger partial charge in [-0.1, -0.05) is 13.8 Å². The summed E-state index contributed by atoms with van der Waals surface area (Å²) >= 11 is 0. The Morgan fingerprint density at radius 1 is 1.20 bits per heavy atom. The second kappa shape index (κ2) is 5.31. The number of aliphatic hydroxyl groups is 1. The third-order valence-corrected chi connectivity index (χ3v) is 3.94.